The van der Waals surface area contributed by atoms with Crippen LogP contribution in [0.1, 0.15) is 27.7 Å². The fourth-order valence-corrected chi connectivity index (χ4v) is 5.19. The topological polar surface area (TPSA) is 113 Å². The summed E-state index contributed by atoms with van der Waals surface area (Å²) < 4.78 is 30.4. The maximum Gasteiger partial charge on any atom is 0.257 e. The first-order valence-electron chi connectivity index (χ1n) is 11.9. The SMILES string of the molecule is CN(C(=O)c1cc2c(cc1F)nc(N)c1cncn12)[C@@H]1COc2cc(-c3cnn4c3COCC4)ccc21. The molecular formula is C26H22FN7O3. The number of likely N-dealkylation sites (N-methyl/N-ethyl adjacent to an activating group) is 1. The highest BCUT2D eigenvalue weighted by molar-refractivity contribution is 5.98. The molecule has 1 amide bonds. The summed E-state index contributed by atoms with van der Waals surface area (Å²) >= 11 is 0. The van der Waals surface area contributed by atoms with E-state index in [-0.39, 0.29) is 24.0 Å². The monoisotopic (exact) mass is 499 g/mol. The second kappa shape index (κ2) is 8.00. The van der Waals surface area contributed by atoms with Crippen LogP contribution in [0, 0.1) is 5.82 Å². The van der Waals surface area contributed by atoms with Crippen molar-refractivity contribution in [3.63, 3.8) is 0 Å². The molecule has 186 valence electrons. The molecule has 1 atom stereocenters. The lowest BCUT2D eigenvalue weighted by molar-refractivity contribution is 0.0704. The predicted octanol–water partition coefficient (Wildman–Crippen LogP) is 3.20. The average Bonchev–Trinajstić information content (AvgIpc) is 3.65. The van der Waals surface area contributed by atoms with Gasteiger partial charge in [-0.25, -0.2) is 14.4 Å². The molecule has 0 saturated carbocycles. The van der Waals surface area contributed by atoms with Crippen LogP contribution in [0.2, 0.25) is 0 Å². The molecule has 2 aromatic carbocycles. The van der Waals surface area contributed by atoms with Crippen LogP contribution in [0.3, 0.4) is 0 Å². The number of amides is 1. The summed E-state index contributed by atoms with van der Waals surface area (Å²) in [6, 6.07) is 8.27. The molecule has 5 heterocycles. The first-order chi connectivity index (χ1) is 18.0. The fourth-order valence-electron chi connectivity index (χ4n) is 5.19. The minimum absolute atomic E-state index is 0.0619. The highest BCUT2D eigenvalue weighted by Gasteiger charge is 2.32. The zero-order chi connectivity index (χ0) is 25.3. The lowest BCUT2D eigenvalue weighted by Gasteiger charge is -2.24. The summed E-state index contributed by atoms with van der Waals surface area (Å²) in [5.41, 5.74) is 11.2. The van der Waals surface area contributed by atoms with E-state index in [0.29, 0.717) is 35.5 Å². The smallest absolute Gasteiger partial charge is 0.257 e. The molecule has 2 aliphatic rings. The van der Waals surface area contributed by atoms with Gasteiger partial charge in [0.1, 0.15) is 29.5 Å². The molecule has 11 heteroatoms. The number of anilines is 1. The van der Waals surface area contributed by atoms with Crippen LogP contribution in [-0.2, 0) is 17.9 Å². The van der Waals surface area contributed by atoms with E-state index in [4.69, 9.17) is 15.2 Å². The minimum Gasteiger partial charge on any atom is -0.491 e. The predicted molar refractivity (Wildman–Crippen MR) is 133 cm³/mol. The van der Waals surface area contributed by atoms with Gasteiger partial charge in [0.2, 0.25) is 0 Å². The van der Waals surface area contributed by atoms with E-state index in [1.165, 1.54) is 17.0 Å². The number of hydrogen-bond acceptors (Lipinski definition) is 7. The number of benzene rings is 2. The van der Waals surface area contributed by atoms with Gasteiger partial charge in [-0.05, 0) is 17.7 Å². The average molecular weight is 500 g/mol. The van der Waals surface area contributed by atoms with Gasteiger partial charge in [-0.3, -0.25) is 13.9 Å². The Morgan fingerprint density at radius 3 is 3.00 bits per heavy atom. The Labute approximate surface area is 210 Å². The molecule has 2 aliphatic heterocycles. The quantitative estimate of drug-likeness (QED) is 0.406. The number of nitrogen functional groups attached to an aromatic ring is 1. The van der Waals surface area contributed by atoms with E-state index in [1.54, 1.807) is 24.0 Å². The van der Waals surface area contributed by atoms with Crippen molar-refractivity contribution >= 4 is 28.3 Å². The van der Waals surface area contributed by atoms with E-state index < -0.39 is 11.7 Å². The fraction of sp³-hybridized carbons (Fsp3) is 0.231. The van der Waals surface area contributed by atoms with Gasteiger partial charge >= 0.3 is 0 Å². The zero-order valence-electron chi connectivity index (χ0n) is 19.9. The second-order valence-electron chi connectivity index (χ2n) is 9.24. The van der Waals surface area contributed by atoms with E-state index in [9.17, 15) is 4.79 Å². The molecule has 5 aromatic rings. The number of carbonyl (C=O) groups is 1. The van der Waals surface area contributed by atoms with Gasteiger partial charge in [0.05, 0.1) is 66.8 Å². The number of ether oxygens (including phenoxy) is 2. The van der Waals surface area contributed by atoms with E-state index in [2.05, 4.69) is 15.1 Å². The summed E-state index contributed by atoms with van der Waals surface area (Å²) in [5.74, 6) is -0.197. The van der Waals surface area contributed by atoms with E-state index in [1.807, 2.05) is 29.1 Å². The molecule has 0 aliphatic carbocycles. The third kappa shape index (κ3) is 3.27. The number of carbonyl (C=O) groups excluding carboxylic acids is 1. The van der Waals surface area contributed by atoms with Crippen molar-refractivity contribution in [2.45, 2.75) is 19.2 Å². The van der Waals surface area contributed by atoms with Crippen molar-refractivity contribution in [3.8, 4) is 16.9 Å². The Balaban J connectivity index is 1.21. The highest BCUT2D eigenvalue weighted by Crippen LogP contribution is 2.40. The molecule has 0 bridgehead atoms. The highest BCUT2D eigenvalue weighted by atomic mass is 19.1. The summed E-state index contributed by atoms with van der Waals surface area (Å²) in [5, 5.41) is 4.47. The minimum atomic E-state index is -0.668. The van der Waals surface area contributed by atoms with Crippen LogP contribution in [0.4, 0.5) is 10.2 Å². The Morgan fingerprint density at radius 1 is 1.22 bits per heavy atom. The lowest BCUT2D eigenvalue weighted by Crippen LogP contribution is -2.32. The molecule has 0 spiro atoms. The maximum absolute atomic E-state index is 15.1. The first kappa shape index (κ1) is 21.7. The molecule has 7 rings (SSSR count). The number of rotatable bonds is 3. The van der Waals surface area contributed by atoms with Crippen LogP contribution >= 0.6 is 0 Å². The van der Waals surface area contributed by atoms with Gasteiger partial charge in [0.15, 0.2) is 0 Å². The third-order valence-electron chi connectivity index (χ3n) is 7.20. The Hall–Kier alpha value is -4.51. The number of fused-ring (bicyclic) bond motifs is 5. The molecule has 0 radical (unpaired) electrons. The summed E-state index contributed by atoms with van der Waals surface area (Å²) in [4.78, 5) is 23.4. The molecule has 10 nitrogen and oxygen atoms in total. The normalized spacial score (nSPS) is 16.5. The maximum atomic E-state index is 15.1. The zero-order valence-corrected chi connectivity index (χ0v) is 19.9. The van der Waals surface area contributed by atoms with Crippen molar-refractivity contribution in [1.29, 1.82) is 0 Å². The second-order valence-corrected chi connectivity index (χ2v) is 9.24. The van der Waals surface area contributed by atoms with Gasteiger partial charge in [0, 0.05) is 24.2 Å². The van der Waals surface area contributed by atoms with Crippen LogP contribution < -0.4 is 10.5 Å². The van der Waals surface area contributed by atoms with Crippen LogP contribution in [0.5, 0.6) is 5.75 Å². The van der Waals surface area contributed by atoms with Crippen molar-refractivity contribution in [3.05, 3.63) is 71.7 Å². The summed E-state index contributed by atoms with van der Waals surface area (Å²) in [6.45, 7) is 2.17. The number of imidazole rings is 1. The molecular weight excluding hydrogens is 477 g/mol. The Kier molecular flexibility index (Phi) is 4.70. The summed E-state index contributed by atoms with van der Waals surface area (Å²) in [7, 11) is 1.66. The largest absolute Gasteiger partial charge is 0.491 e. The van der Waals surface area contributed by atoms with Gasteiger partial charge in [-0.1, -0.05) is 12.1 Å². The Morgan fingerprint density at radius 2 is 2.11 bits per heavy atom. The number of nitrogens with zero attached hydrogens (tertiary/aromatic N) is 6. The summed E-state index contributed by atoms with van der Waals surface area (Å²) in [6.07, 6.45) is 4.98. The Bertz CT molecular complexity index is 1730. The van der Waals surface area contributed by atoms with Crippen molar-refractivity contribution in [2.24, 2.45) is 0 Å². The standard InChI is InChI=1S/C26H22FN7O3/c1-32(26(35)16-7-20-19(8-18(16)27)31-25(28)21-10-29-13-33(20)21)22-12-37-24-6-14(2-3-15(22)24)17-9-30-34-4-5-36-11-23(17)34/h2-3,6-10,13,22H,4-5,11-12H2,1H3,(H2,28,31)/t22-/m1/s1. The first-order valence-corrected chi connectivity index (χ1v) is 11.9. The van der Waals surface area contributed by atoms with E-state index >= 15 is 4.39 Å². The number of aromatic nitrogens is 5. The molecule has 37 heavy (non-hydrogen) atoms. The van der Waals surface area contributed by atoms with Crippen molar-refractivity contribution in [1.82, 2.24) is 29.0 Å². The molecule has 3 aromatic heterocycles. The number of hydrogen-bond donors (Lipinski definition) is 1. The lowest BCUT2D eigenvalue weighted by atomic mass is 10.0. The van der Waals surface area contributed by atoms with E-state index in [0.717, 1.165) is 28.9 Å². The molecule has 0 fully saturated rings. The molecule has 0 unspecified atom stereocenters. The van der Waals surface area contributed by atoms with Crippen molar-refractivity contribution < 1.29 is 18.7 Å². The van der Waals surface area contributed by atoms with Crippen LogP contribution in [-0.4, -0.2) is 55.2 Å². The number of nitrogens with two attached hydrogens (primary N) is 1. The third-order valence-corrected chi connectivity index (χ3v) is 7.20. The van der Waals surface area contributed by atoms with Gasteiger partial charge < -0.3 is 20.1 Å². The number of halogens is 1. The van der Waals surface area contributed by atoms with Crippen LogP contribution in [0.15, 0.2) is 49.1 Å². The van der Waals surface area contributed by atoms with Crippen LogP contribution in [0.25, 0.3) is 27.7 Å². The van der Waals surface area contributed by atoms with Gasteiger partial charge in [-0.15, -0.1) is 0 Å². The molecule has 2 N–H and O–H groups in total. The van der Waals surface area contributed by atoms with Crippen molar-refractivity contribution in [2.75, 3.05) is 26.0 Å². The molecule has 0 saturated heterocycles. The van der Waals surface area contributed by atoms with Gasteiger partial charge in [0.25, 0.3) is 5.91 Å². The van der Waals surface area contributed by atoms with Gasteiger partial charge in [-0.2, -0.15) is 5.10 Å².